The van der Waals surface area contributed by atoms with Gasteiger partial charge in [0.05, 0.1) is 6.67 Å². The number of nitrogens with zero attached hydrogens (tertiary/aromatic N) is 2. The first-order chi connectivity index (χ1) is 11.1. The standard InChI is InChI=1S/C21H34N2/c1-16(2)19-11-8-12-20(17(3)4)21(19)23-14-13-22(15-23)18-9-6-5-7-10-18/h8,11-12,16-18H,5-7,9-10,13-15H2,1-4H3. The van der Waals surface area contributed by atoms with Gasteiger partial charge in [-0.25, -0.2) is 0 Å². The van der Waals surface area contributed by atoms with Crippen LogP contribution in [0.15, 0.2) is 18.2 Å². The third-order valence-corrected chi connectivity index (χ3v) is 5.76. The van der Waals surface area contributed by atoms with E-state index in [1.807, 2.05) is 0 Å². The van der Waals surface area contributed by atoms with Crippen LogP contribution in [0.1, 0.15) is 82.8 Å². The highest BCUT2D eigenvalue weighted by molar-refractivity contribution is 5.62. The summed E-state index contributed by atoms with van der Waals surface area (Å²) in [5, 5.41) is 0. The predicted octanol–water partition coefficient (Wildman–Crippen LogP) is 5.35. The average Bonchev–Trinajstić information content (AvgIpc) is 3.04. The van der Waals surface area contributed by atoms with Crippen LogP contribution in [-0.4, -0.2) is 30.7 Å². The van der Waals surface area contributed by atoms with Crippen LogP contribution < -0.4 is 4.90 Å². The van der Waals surface area contributed by atoms with Gasteiger partial charge in [-0.1, -0.05) is 65.2 Å². The Morgan fingerprint density at radius 2 is 1.48 bits per heavy atom. The van der Waals surface area contributed by atoms with Crippen LogP contribution in [0, 0.1) is 0 Å². The van der Waals surface area contributed by atoms with E-state index in [0.717, 1.165) is 12.7 Å². The lowest BCUT2D eigenvalue weighted by Gasteiger charge is -2.32. The second-order valence-corrected chi connectivity index (χ2v) is 8.10. The fourth-order valence-corrected chi connectivity index (χ4v) is 4.41. The zero-order valence-corrected chi connectivity index (χ0v) is 15.5. The molecule has 2 nitrogen and oxygen atoms in total. The molecule has 0 radical (unpaired) electrons. The minimum atomic E-state index is 0.590. The van der Waals surface area contributed by atoms with Gasteiger partial charge in [0.1, 0.15) is 0 Å². The summed E-state index contributed by atoms with van der Waals surface area (Å²) in [5.41, 5.74) is 4.60. The number of hydrogen-bond donors (Lipinski definition) is 0. The number of anilines is 1. The topological polar surface area (TPSA) is 6.48 Å². The molecule has 0 atom stereocenters. The molecule has 2 fully saturated rings. The normalized spacial score (nSPS) is 20.9. The van der Waals surface area contributed by atoms with Crippen LogP contribution in [0.3, 0.4) is 0 Å². The summed E-state index contributed by atoms with van der Waals surface area (Å²) in [5.74, 6) is 1.18. The van der Waals surface area contributed by atoms with Gasteiger partial charge < -0.3 is 4.90 Å². The SMILES string of the molecule is CC(C)c1cccc(C(C)C)c1N1CCN(C2CCCCC2)C1. The molecular formula is C21H34N2. The average molecular weight is 315 g/mol. The molecule has 2 aliphatic rings. The zero-order chi connectivity index (χ0) is 16.4. The minimum absolute atomic E-state index is 0.590. The lowest BCUT2D eigenvalue weighted by atomic mass is 9.92. The van der Waals surface area contributed by atoms with E-state index in [4.69, 9.17) is 0 Å². The molecule has 0 spiro atoms. The number of benzene rings is 1. The Morgan fingerprint density at radius 1 is 0.870 bits per heavy atom. The summed E-state index contributed by atoms with van der Waals surface area (Å²) in [7, 11) is 0. The third-order valence-electron chi connectivity index (χ3n) is 5.76. The van der Waals surface area contributed by atoms with Crippen molar-refractivity contribution >= 4 is 5.69 Å². The molecule has 128 valence electrons. The van der Waals surface area contributed by atoms with Gasteiger partial charge in [-0.15, -0.1) is 0 Å². The van der Waals surface area contributed by atoms with Gasteiger partial charge in [-0.05, 0) is 35.8 Å². The van der Waals surface area contributed by atoms with Crippen molar-refractivity contribution in [3.63, 3.8) is 0 Å². The second kappa shape index (κ2) is 7.25. The first kappa shape index (κ1) is 16.8. The van der Waals surface area contributed by atoms with Crippen molar-refractivity contribution in [1.82, 2.24) is 4.90 Å². The summed E-state index contributed by atoms with van der Waals surface area (Å²) in [6, 6.07) is 7.77. The van der Waals surface area contributed by atoms with Crippen LogP contribution in [-0.2, 0) is 0 Å². The van der Waals surface area contributed by atoms with Gasteiger partial charge in [0.25, 0.3) is 0 Å². The Kier molecular flexibility index (Phi) is 5.31. The van der Waals surface area contributed by atoms with Crippen LogP contribution in [0.25, 0.3) is 0 Å². The molecule has 1 saturated carbocycles. The van der Waals surface area contributed by atoms with Crippen molar-refractivity contribution in [2.75, 3.05) is 24.7 Å². The fourth-order valence-electron chi connectivity index (χ4n) is 4.41. The highest BCUT2D eigenvalue weighted by Crippen LogP contribution is 2.37. The molecule has 1 saturated heterocycles. The van der Waals surface area contributed by atoms with E-state index in [2.05, 4.69) is 55.7 Å². The van der Waals surface area contributed by atoms with E-state index >= 15 is 0 Å². The molecule has 1 aliphatic carbocycles. The second-order valence-electron chi connectivity index (χ2n) is 8.10. The van der Waals surface area contributed by atoms with E-state index in [9.17, 15) is 0 Å². The quantitative estimate of drug-likeness (QED) is 0.739. The highest BCUT2D eigenvalue weighted by atomic mass is 15.4. The molecule has 3 rings (SSSR count). The maximum Gasteiger partial charge on any atom is 0.0710 e. The zero-order valence-electron chi connectivity index (χ0n) is 15.5. The van der Waals surface area contributed by atoms with Crippen molar-refractivity contribution in [3.8, 4) is 0 Å². The molecule has 0 aromatic heterocycles. The molecule has 1 heterocycles. The lowest BCUT2D eigenvalue weighted by Crippen LogP contribution is -2.36. The smallest absolute Gasteiger partial charge is 0.0710 e. The number of rotatable bonds is 4. The van der Waals surface area contributed by atoms with E-state index in [1.165, 1.54) is 62.0 Å². The van der Waals surface area contributed by atoms with Crippen LogP contribution in [0.4, 0.5) is 5.69 Å². The van der Waals surface area contributed by atoms with Crippen molar-refractivity contribution in [1.29, 1.82) is 0 Å². The summed E-state index contributed by atoms with van der Waals surface area (Å²) in [6.07, 6.45) is 7.14. The maximum absolute atomic E-state index is 2.75. The molecule has 23 heavy (non-hydrogen) atoms. The monoisotopic (exact) mass is 314 g/mol. The third kappa shape index (κ3) is 3.57. The summed E-state index contributed by atoms with van der Waals surface area (Å²) in [6.45, 7) is 12.9. The molecule has 1 aliphatic heterocycles. The van der Waals surface area contributed by atoms with E-state index in [-0.39, 0.29) is 0 Å². The Morgan fingerprint density at radius 3 is 2.04 bits per heavy atom. The van der Waals surface area contributed by atoms with E-state index < -0.39 is 0 Å². The van der Waals surface area contributed by atoms with Gasteiger partial charge in [0.2, 0.25) is 0 Å². The van der Waals surface area contributed by atoms with Crippen LogP contribution in [0.2, 0.25) is 0 Å². The lowest BCUT2D eigenvalue weighted by molar-refractivity contribution is 0.193. The summed E-state index contributed by atoms with van der Waals surface area (Å²) < 4.78 is 0. The Labute approximate surface area is 142 Å². The molecule has 1 aromatic rings. The van der Waals surface area contributed by atoms with Gasteiger partial charge in [-0.3, -0.25) is 4.90 Å². The molecule has 2 heteroatoms. The highest BCUT2D eigenvalue weighted by Gasteiger charge is 2.30. The Balaban J connectivity index is 1.84. The van der Waals surface area contributed by atoms with Gasteiger partial charge in [-0.2, -0.15) is 0 Å². The van der Waals surface area contributed by atoms with E-state index in [1.54, 1.807) is 0 Å². The Bertz CT molecular complexity index is 488. The molecule has 0 unspecified atom stereocenters. The van der Waals surface area contributed by atoms with Crippen LogP contribution in [0.5, 0.6) is 0 Å². The fraction of sp³-hybridized carbons (Fsp3) is 0.714. The first-order valence-electron chi connectivity index (χ1n) is 9.69. The first-order valence-corrected chi connectivity index (χ1v) is 9.69. The molecule has 0 amide bonds. The minimum Gasteiger partial charge on any atom is -0.357 e. The molecule has 0 N–H and O–H groups in total. The van der Waals surface area contributed by atoms with E-state index in [0.29, 0.717) is 11.8 Å². The van der Waals surface area contributed by atoms with Crippen molar-refractivity contribution in [3.05, 3.63) is 29.3 Å². The Hall–Kier alpha value is -1.02. The van der Waals surface area contributed by atoms with Crippen molar-refractivity contribution < 1.29 is 0 Å². The predicted molar refractivity (Wildman–Crippen MR) is 100 cm³/mol. The molecule has 0 bridgehead atoms. The maximum atomic E-state index is 2.75. The summed E-state index contributed by atoms with van der Waals surface area (Å²) in [4.78, 5) is 5.42. The van der Waals surface area contributed by atoms with Gasteiger partial charge in [0, 0.05) is 24.8 Å². The largest absolute Gasteiger partial charge is 0.357 e. The van der Waals surface area contributed by atoms with Crippen molar-refractivity contribution in [2.24, 2.45) is 0 Å². The molecule has 1 aromatic carbocycles. The number of hydrogen-bond acceptors (Lipinski definition) is 2. The van der Waals surface area contributed by atoms with Gasteiger partial charge >= 0.3 is 0 Å². The summed E-state index contributed by atoms with van der Waals surface area (Å²) >= 11 is 0. The van der Waals surface area contributed by atoms with Gasteiger partial charge in [0.15, 0.2) is 0 Å². The number of para-hydroxylation sites is 1. The van der Waals surface area contributed by atoms with Crippen molar-refractivity contribution in [2.45, 2.75) is 77.7 Å². The van der Waals surface area contributed by atoms with Crippen LogP contribution >= 0.6 is 0 Å². The molecular weight excluding hydrogens is 280 g/mol.